The molecule has 23 heavy (non-hydrogen) atoms. The first kappa shape index (κ1) is 16.0. The van der Waals surface area contributed by atoms with Crippen molar-refractivity contribution in [3.05, 3.63) is 60.3 Å². The molecule has 1 N–H and O–H groups in total. The number of aromatic amines is 1. The maximum absolute atomic E-state index is 12.7. The standard InChI is InChI=1S/C15H14BrClN4O2/c1-8(2)6-11-12(16)13-14(22)19-20(15(23)21(13)18-11)10-5-3-4-9(17)7-10/h3-5,7-8H,6H2,1-2H3,(H,19,22). The molecule has 0 aliphatic heterocycles. The van der Waals surface area contributed by atoms with E-state index in [0.717, 1.165) is 9.20 Å². The lowest BCUT2D eigenvalue weighted by Crippen LogP contribution is -2.34. The van der Waals surface area contributed by atoms with E-state index in [-0.39, 0.29) is 5.52 Å². The van der Waals surface area contributed by atoms with Crippen LogP contribution in [0.3, 0.4) is 0 Å². The number of rotatable bonds is 3. The Morgan fingerprint density at radius 1 is 1.35 bits per heavy atom. The maximum atomic E-state index is 12.7. The highest BCUT2D eigenvalue weighted by Crippen LogP contribution is 2.21. The average Bonchev–Trinajstić information content (AvgIpc) is 2.80. The van der Waals surface area contributed by atoms with Crippen LogP contribution in [0, 0.1) is 5.92 Å². The minimum atomic E-state index is -0.461. The molecule has 3 aromatic rings. The van der Waals surface area contributed by atoms with E-state index in [9.17, 15) is 9.59 Å². The summed E-state index contributed by atoms with van der Waals surface area (Å²) < 4.78 is 2.82. The van der Waals surface area contributed by atoms with Crippen LogP contribution in [0.4, 0.5) is 0 Å². The third kappa shape index (κ3) is 2.86. The molecule has 0 aliphatic carbocycles. The van der Waals surface area contributed by atoms with Gasteiger partial charge in [-0.1, -0.05) is 31.5 Å². The lowest BCUT2D eigenvalue weighted by Gasteiger charge is -2.05. The lowest BCUT2D eigenvalue weighted by molar-refractivity contribution is 0.621. The fourth-order valence-electron chi connectivity index (χ4n) is 2.38. The molecular weight excluding hydrogens is 384 g/mol. The van der Waals surface area contributed by atoms with Crippen molar-refractivity contribution in [1.29, 1.82) is 0 Å². The van der Waals surface area contributed by atoms with Crippen molar-refractivity contribution < 1.29 is 0 Å². The Hall–Kier alpha value is -1.86. The second-order valence-corrected chi connectivity index (χ2v) is 6.89. The molecule has 3 rings (SSSR count). The van der Waals surface area contributed by atoms with Gasteiger partial charge in [0, 0.05) is 5.02 Å². The van der Waals surface area contributed by atoms with Gasteiger partial charge >= 0.3 is 5.69 Å². The Labute approximate surface area is 144 Å². The highest BCUT2D eigenvalue weighted by molar-refractivity contribution is 9.10. The van der Waals surface area contributed by atoms with Crippen molar-refractivity contribution in [3.63, 3.8) is 0 Å². The van der Waals surface area contributed by atoms with Gasteiger partial charge in [-0.15, -0.1) is 0 Å². The van der Waals surface area contributed by atoms with Gasteiger partial charge in [0.1, 0.15) is 0 Å². The third-order valence-corrected chi connectivity index (χ3v) is 4.43. The zero-order chi connectivity index (χ0) is 16.7. The number of nitrogens with zero attached hydrogens (tertiary/aromatic N) is 3. The van der Waals surface area contributed by atoms with E-state index in [0.29, 0.717) is 33.2 Å². The first-order valence-electron chi connectivity index (χ1n) is 7.07. The van der Waals surface area contributed by atoms with E-state index in [4.69, 9.17) is 11.6 Å². The molecule has 0 fully saturated rings. The van der Waals surface area contributed by atoms with Crippen molar-refractivity contribution in [3.8, 4) is 5.69 Å². The van der Waals surface area contributed by atoms with Gasteiger partial charge in [-0.2, -0.15) is 9.61 Å². The zero-order valence-corrected chi connectivity index (χ0v) is 14.8. The SMILES string of the molecule is CC(C)Cc1nn2c(=O)n(-c3cccc(Cl)c3)[nH]c(=O)c2c1Br. The van der Waals surface area contributed by atoms with Crippen LogP contribution in [0.5, 0.6) is 0 Å². The van der Waals surface area contributed by atoms with Crippen LogP contribution in [0.1, 0.15) is 19.5 Å². The number of halogens is 2. The Kier molecular flexibility index (Phi) is 4.16. The second-order valence-electron chi connectivity index (χ2n) is 5.66. The number of nitrogens with one attached hydrogen (secondary N) is 1. The van der Waals surface area contributed by atoms with Crippen LogP contribution >= 0.6 is 27.5 Å². The third-order valence-electron chi connectivity index (χ3n) is 3.36. The summed E-state index contributed by atoms with van der Waals surface area (Å²) in [7, 11) is 0. The first-order chi connectivity index (χ1) is 10.9. The summed E-state index contributed by atoms with van der Waals surface area (Å²) in [5.41, 5.74) is 0.505. The molecule has 0 spiro atoms. The van der Waals surface area contributed by atoms with Gasteiger partial charge in [0.2, 0.25) is 0 Å². The molecule has 0 saturated heterocycles. The molecule has 0 aliphatic rings. The first-order valence-corrected chi connectivity index (χ1v) is 8.24. The van der Waals surface area contributed by atoms with E-state index >= 15 is 0 Å². The largest absolute Gasteiger partial charge is 0.368 e. The van der Waals surface area contributed by atoms with Gasteiger partial charge in [0.05, 0.1) is 15.9 Å². The Balaban J connectivity index is 2.30. The summed E-state index contributed by atoms with van der Waals surface area (Å²) in [6.07, 6.45) is 0.665. The zero-order valence-electron chi connectivity index (χ0n) is 12.5. The summed E-state index contributed by atoms with van der Waals surface area (Å²) in [5.74, 6) is 0.352. The molecule has 2 aromatic heterocycles. The number of fused-ring (bicyclic) bond motifs is 1. The van der Waals surface area contributed by atoms with Crippen LogP contribution in [-0.4, -0.2) is 19.4 Å². The Morgan fingerprint density at radius 3 is 2.74 bits per heavy atom. The van der Waals surface area contributed by atoms with Crippen molar-refractivity contribution >= 4 is 33.0 Å². The van der Waals surface area contributed by atoms with E-state index < -0.39 is 11.2 Å². The maximum Gasteiger partial charge on any atom is 0.368 e. The monoisotopic (exact) mass is 396 g/mol. The number of aromatic nitrogens is 4. The van der Waals surface area contributed by atoms with Crippen molar-refractivity contribution in [2.24, 2.45) is 5.92 Å². The predicted molar refractivity (Wildman–Crippen MR) is 92.7 cm³/mol. The van der Waals surface area contributed by atoms with Crippen LogP contribution in [-0.2, 0) is 6.42 Å². The van der Waals surface area contributed by atoms with Crippen molar-refractivity contribution in [1.82, 2.24) is 19.4 Å². The van der Waals surface area contributed by atoms with Crippen LogP contribution in [0.25, 0.3) is 11.2 Å². The Morgan fingerprint density at radius 2 is 2.09 bits per heavy atom. The minimum Gasteiger partial charge on any atom is -0.266 e. The molecule has 2 heterocycles. The summed E-state index contributed by atoms with van der Waals surface area (Å²) >= 11 is 9.34. The molecule has 0 atom stereocenters. The normalized spacial score (nSPS) is 11.5. The van der Waals surface area contributed by atoms with Crippen molar-refractivity contribution in [2.45, 2.75) is 20.3 Å². The molecule has 0 radical (unpaired) electrons. The van der Waals surface area contributed by atoms with Gasteiger partial charge in [-0.05, 0) is 46.5 Å². The van der Waals surface area contributed by atoms with Gasteiger partial charge in [0.25, 0.3) is 5.56 Å². The highest BCUT2D eigenvalue weighted by atomic mass is 79.9. The topological polar surface area (TPSA) is 72.2 Å². The quantitative estimate of drug-likeness (QED) is 0.738. The van der Waals surface area contributed by atoms with Crippen LogP contribution < -0.4 is 11.2 Å². The molecule has 120 valence electrons. The van der Waals surface area contributed by atoms with Gasteiger partial charge < -0.3 is 0 Å². The molecule has 0 bridgehead atoms. The number of benzene rings is 1. The van der Waals surface area contributed by atoms with E-state index in [1.807, 2.05) is 13.8 Å². The molecule has 8 heteroatoms. The highest BCUT2D eigenvalue weighted by Gasteiger charge is 2.18. The van der Waals surface area contributed by atoms with Crippen LogP contribution in [0.15, 0.2) is 38.3 Å². The van der Waals surface area contributed by atoms with E-state index in [1.54, 1.807) is 24.3 Å². The second kappa shape index (κ2) is 5.98. The summed E-state index contributed by atoms with van der Waals surface area (Å²) in [6, 6.07) is 6.68. The van der Waals surface area contributed by atoms with E-state index in [2.05, 4.69) is 26.1 Å². The summed E-state index contributed by atoms with van der Waals surface area (Å²) in [4.78, 5) is 25.1. The van der Waals surface area contributed by atoms with Crippen LogP contribution in [0.2, 0.25) is 5.02 Å². The molecule has 6 nitrogen and oxygen atoms in total. The fraction of sp³-hybridized carbons (Fsp3) is 0.267. The number of hydrogen-bond acceptors (Lipinski definition) is 3. The van der Waals surface area contributed by atoms with Crippen molar-refractivity contribution in [2.75, 3.05) is 0 Å². The molecule has 0 saturated carbocycles. The molecule has 1 aromatic carbocycles. The lowest BCUT2D eigenvalue weighted by atomic mass is 10.1. The van der Waals surface area contributed by atoms with Gasteiger partial charge in [0.15, 0.2) is 5.52 Å². The molecule has 0 amide bonds. The minimum absolute atomic E-state index is 0.212. The van der Waals surface area contributed by atoms with Gasteiger partial charge in [-0.25, -0.2) is 9.48 Å². The molecular formula is C15H14BrClN4O2. The number of hydrogen-bond donors (Lipinski definition) is 1. The Bertz CT molecular complexity index is 1000. The molecule has 0 unspecified atom stereocenters. The van der Waals surface area contributed by atoms with E-state index in [1.165, 1.54) is 0 Å². The number of H-pyrrole nitrogens is 1. The smallest absolute Gasteiger partial charge is 0.266 e. The predicted octanol–water partition coefficient (Wildman–Crippen LogP) is 2.79. The van der Waals surface area contributed by atoms with Gasteiger partial charge in [-0.3, -0.25) is 9.89 Å². The fourth-order valence-corrected chi connectivity index (χ4v) is 3.16. The summed E-state index contributed by atoms with van der Waals surface area (Å²) in [5, 5.41) is 7.34. The average molecular weight is 398 g/mol. The summed E-state index contributed by atoms with van der Waals surface area (Å²) in [6.45, 7) is 4.09.